The number of pyridine rings is 6. The summed E-state index contributed by atoms with van der Waals surface area (Å²) < 4.78 is 31.1. The Morgan fingerprint density at radius 1 is 0.641 bits per heavy atom. The highest BCUT2D eigenvalue weighted by Crippen LogP contribution is 2.34. The smallest absolute Gasteiger partial charge is 0.310 e. The van der Waals surface area contributed by atoms with Crippen LogP contribution in [0.3, 0.4) is 0 Å². The molecule has 0 saturated carbocycles. The van der Waals surface area contributed by atoms with Gasteiger partial charge in [-0.25, -0.2) is 9.97 Å². The highest BCUT2D eigenvalue weighted by molar-refractivity contribution is 6.10. The van der Waals surface area contributed by atoms with Gasteiger partial charge in [-0.1, -0.05) is 0 Å². The minimum Gasteiger partial charge on any atom is -0.491 e. The van der Waals surface area contributed by atoms with Crippen molar-refractivity contribution in [2.45, 2.75) is 26.1 Å². The Balaban J connectivity index is 0.000000175. The van der Waals surface area contributed by atoms with Crippen LogP contribution in [0.25, 0.3) is 22.5 Å². The van der Waals surface area contributed by atoms with Gasteiger partial charge in [-0.15, -0.1) is 0 Å². The van der Waals surface area contributed by atoms with E-state index in [0.29, 0.717) is 70.1 Å². The maximum absolute atomic E-state index is 13.0. The van der Waals surface area contributed by atoms with Gasteiger partial charge < -0.3 is 38.2 Å². The Kier molecular flexibility index (Phi) is 12.9. The number of amides is 2. The van der Waals surface area contributed by atoms with Crippen molar-refractivity contribution < 1.29 is 42.8 Å². The maximum atomic E-state index is 13.0. The standard InChI is InChI=1S/C24H25N5O4.C22H20N4O5/c1-31-22-11-16(12-26-23(22)32-2)20-6-5-19-21(27-20)15-29(24(19)30)18-4-3-17(25-13-18)14-28-7-9-33-10-8-28;1-29-19-8-14(10-24-21(19)31-3)17-5-4-16-18(25-17)12-26(22(16)28)15-6-13(9-23-11-15)7-20(27)30-2/h3-6,11-13H,7-10,14-15H2,1-2H3;4-6,8-11H,7,12H2,1-3H3. The molecule has 9 heterocycles. The van der Waals surface area contributed by atoms with Crippen LogP contribution < -0.4 is 28.7 Å². The van der Waals surface area contributed by atoms with E-state index in [1.54, 1.807) is 86.4 Å². The van der Waals surface area contributed by atoms with E-state index in [9.17, 15) is 14.4 Å². The number of hydrogen-bond acceptors (Lipinski definition) is 16. The van der Waals surface area contributed by atoms with Gasteiger partial charge in [0, 0.05) is 49.4 Å². The summed E-state index contributed by atoms with van der Waals surface area (Å²) in [4.78, 5) is 69.8. The highest BCUT2D eigenvalue weighted by atomic mass is 16.5. The molecule has 0 unspecified atom stereocenters. The molecule has 0 N–H and O–H groups in total. The number of rotatable bonds is 12. The topological polar surface area (TPSA) is 194 Å². The summed E-state index contributed by atoms with van der Waals surface area (Å²) >= 11 is 0. The number of esters is 1. The highest BCUT2D eigenvalue weighted by Gasteiger charge is 2.32. The molecule has 328 valence electrons. The Morgan fingerprint density at radius 2 is 1.22 bits per heavy atom. The third kappa shape index (κ3) is 9.13. The van der Waals surface area contributed by atoms with Crippen LogP contribution >= 0.6 is 0 Å². The first kappa shape index (κ1) is 43.1. The van der Waals surface area contributed by atoms with Crippen LogP contribution in [0, 0.1) is 0 Å². The van der Waals surface area contributed by atoms with E-state index in [1.807, 2.05) is 30.3 Å². The van der Waals surface area contributed by atoms with E-state index in [1.165, 1.54) is 14.2 Å². The van der Waals surface area contributed by atoms with Gasteiger partial charge in [0.1, 0.15) is 0 Å². The van der Waals surface area contributed by atoms with Crippen molar-refractivity contribution >= 4 is 29.2 Å². The first-order valence-corrected chi connectivity index (χ1v) is 20.3. The molecule has 6 aromatic rings. The molecule has 18 nitrogen and oxygen atoms in total. The fourth-order valence-corrected chi connectivity index (χ4v) is 7.46. The second kappa shape index (κ2) is 19.2. The van der Waals surface area contributed by atoms with Gasteiger partial charge in [0.15, 0.2) is 11.5 Å². The molecule has 0 spiro atoms. The third-order valence-corrected chi connectivity index (χ3v) is 10.8. The molecular formula is C46H45N9O9. The Labute approximate surface area is 368 Å². The van der Waals surface area contributed by atoms with Crippen LogP contribution in [-0.4, -0.2) is 114 Å². The average Bonchev–Trinajstić information content (AvgIpc) is 3.86. The number of carbonyl (C=O) groups is 3. The van der Waals surface area contributed by atoms with Crippen molar-refractivity contribution in [3.05, 3.63) is 119 Å². The van der Waals surface area contributed by atoms with Crippen molar-refractivity contribution in [1.29, 1.82) is 0 Å². The number of hydrogen-bond donors (Lipinski definition) is 0. The largest absolute Gasteiger partial charge is 0.491 e. The molecule has 6 aromatic heterocycles. The minimum atomic E-state index is -0.371. The van der Waals surface area contributed by atoms with Crippen molar-refractivity contribution in [3.63, 3.8) is 0 Å². The van der Waals surface area contributed by atoms with Crippen LogP contribution in [-0.2, 0) is 40.3 Å². The van der Waals surface area contributed by atoms with Gasteiger partial charge in [-0.2, -0.15) is 0 Å². The van der Waals surface area contributed by atoms with Crippen LogP contribution in [0.5, 0.6) is 23.3 Å². The average molecular weight is 868 g/mol. The maximum Gasteiger partial charge on any atom is 0.310 e. The molecule has 64 heavy (non-hydrogen) atoms. The zero-order valence-electron chi connectivity index (χ0n) is 35.9. The van der Waals surface area contributed by atoms with E-state index in [-0.39, 0.29) is 24.2 Å². The van der Waals surface area contributed by atoms with Crippen LogP contribution in [0.2, 0.25) is 0 Å². The van der Waals surface area contributed by atoms with Gasteiger partial charge in [-0.3, -0.25) is 39.2 Å². The summed E-state index contributed by atoms with van der Waals surface area (Å²) in [5.41, 5.74) is 8.42. The quantitative estimate of drug-likeness (QED) is 0.149. The van der Waals surface area contributed by atoms with E-state index in [0.717, 1.165) is 66.7 Å². The fraction of sp³-hybridized carbons (Fsp3) is 0.283. The second-order valence-corrected chi connectivity index (χ2v) is 14.7. The molecule has 0 atom stereocenters. The summed E-state index contributed by atoms with van der Waals surface area (Å²) in [6.45, 7) is 4.81. The Bertz CT molecular complexity index is 2690. The molecule has 3 aliphatic rings. The zero-order chi connectivity index (χ0) is 44.7. The molecule has 1 saturated heterocycles. The van der Waals surface area contributed by atoms with E-state index < -0.39 is 0 Å². The summed E-state index contributed by atoms with van der Waals surface area (Å²) in [6.07, 6.45) is 8.34. The summed E-state index contributed by atoms with van der Waals surface area (Å²) in [5.74, 6) is 1.20. The van der Waals surface area contributed by atoms with Crippen molar-refractivity contribution in [1.82, 2.24) is 34.8 Å². The first-order valence-electron chi connectivity index (χ1n) is 20.3. The monoisotopic (exact) mass is 867 g/mol. The predicted octanol–water partition coefficient (Wildman–Crippen LogP) is 4.98. The van der Waals surface area contributed by atoms with E-state index in [2.05, 4.69) is 29.8 Å². The Morgan fingerprint density at radius 3 is 1.73 bits per heavy atom. The van der Waals surface area contributed by atoms with Gasteiger partial charge >= 0.3 is 5.97 Å². The number of anilines is 2. The first-order chi connectivity index (χ1) is 31.2. The number of carbonyl (C=O) groups excluding carboxylic acids is 3. The van der Waals surface area contributed by atoms with E-state index >= 15 is 0 Å². The lowest BCUT2D eigenvalue weighted by Crippen LogP contribution is -2.35. The molecule has 0 aliphatic carbocycles. The molecule has 0 aromatic carbocycles. The van der Waals surface area contributed by atoms with Crippen LogP contribution in [0.4, 0.5) is 11.4 Å². The third-order valence-electron chi connectivity index (χ3n) is 10.8. The normalized spacial score (nSPS) is 14.3. The fourth-order valence-electron chi connectivity index (χ4n) is 7.46. The van der Waals surface area contributed by atoms with Gasteiger partial charge in [-0.05, 0) is 60.2 Å². The van der Waals surface area contributed by atoms with Gasteiger partial charge in [0.25, 0.3) is 23.6 Å². The minimum absolute atomic E-state index is 0.0720. The number of aromatic nitrogens is 6. The second-order valence-electron chi connectivity index (χ2n) is 14.7. The number of morpholine rings is 1. The number of fused-ring (bicyclic) bond motifs is 2. The molecular weight excluding hydrogens is 823 g/mol. The Hall–Kier alpha value is -7.57. The molecule has 0 bridgehead atoms. The van der Waals surface area contributed by atoms with Crippen LogP contribution in [0.15, 0.2) is 85.6 Å². The van der Waals surface area contributed by atoms with Gasteiger partial charge in [0.2, 0.25) is 0 Å². The van der Waals surface area contributed by atoms with Gasteiger partial charge in [0.05, 0.1) is 132 Å². The van der Waals surface area contributed by atoms with Crippen molar-refractivity contribution in [3.8, 4) is 45.8 Å². The van der Waals surface area contributed by atoms with Crippen molar-refractivity contribution in [2.75, 3.05) is 71.7 Å². The number of ether oxygens (including phenoxy) is 6. The summed E-state index contributed by atoms with van der Waals surface area (Å²) in [6, 6.07) is 16.5. The molecule has 9 rings (SSSR count). The SMILES string of the molecule is COC(=O)Cc1cncc(N2Cc3nc(-c4cnc(OC)c(OC)c4)ccc3C2=O)c1.COc1cc(-c2ccc3c(n2)CN(c2ccc(CN4CCOCC4)nc2)C3=O)cnc1OC. The lowest BCUT2D eigenvalue weighted by atomic mass is 10.1. The summed E-state index contributed by atoms with van der Waals surface area (Å²) in [7, 11) is 7.50. The molecule has 18 heteroatoms. The molecule has 0 radical (unpaired) electrons. The predicted molar refractivity (Wildman–Crippen MR) is 232 cm³/mol. The lowest BCUT2D eigenvalue weighted by Gasteiger charge is -2.26. The lowest BCUT2D eigenvalue weighted by molar-refractivity contribution is -0.139. The number of methoxy groups -OCH3 is 5. The number of nitrogens with zero attached hydrogens (tertiary/aromatic N) is 9. The zero-order valence-corrected chi connectivity index (χ0v) is 35.9. The summed E-state index contributed by atoms with van der Waals surface area (Å²) in [5, 5.41) is 0. The van der Waals surface area contributed by atoms with E-state index in [4.69, 9.17) is 33.4 Å². The molecule has 1 fully saturated rings. The molecule has 2 amide bonds. The molecule has 3 aliphatic heterocycles. The van der Waals surface area contributed by atoms with Crippen LogP contribution in [0.1, 0.15) is 43.4 Å². The van der Waals surface area contributed by atoms with Crippen molar-refractivity contribution in [2.24, 2.45) is 0 Å².